The van der Waals surface area contributed by atoms with Gasteiger partial charge in [-0.2, -0.15) is 0 Å². The van der Waals surface area contributed by atoms with Gasteiger partial charge in [-0.05, 0) is 35.9 Å². The molecule has 0 atom stereocenters. The van der Waals surface area contributed by atoms with E-state index < -0.39 is 0 Å². The van der Waals surface area contributed by atoms with Gasteiger partial charge in [0.2, 0.25) is 5.91 Å². The second-order valence-electron chi connectivity index (χ2n) is 7.36. The average Bonchev–Trinajstić information content (AvgIpc) is 3.37. The van der Waals surface area contributed by atoms with Crippen LogP contribution in [-0.4, -0.2) is 46.8 Å². The third-order valence-corrected chi connectivity index (χ3v) is 6.07. The second-order valence-corrected chi connectivity index (χ2v) is 8.33. The normalized spacial score (nSPS) is 12.7. The maximum Gasteiger partial charge on any atom is 0.233 e. The molecule has 0 bridgehead atoms. The van der Waals surface area contributed by atoms with Crippen LogP contribution in [0.5, 0.6) is 11.5 Å². The van der Waals surface area contributed by atoms with Gasteiger partial charge in [0.25, 0.3) is 0 Å². The predicted octanol–water partition coefficient (Wildman–Crippen LogP) is 4.41. The molecule has 0 radical (unpaired) electrons. The molecule has 5 rings (SSSR count). The van der Waals surface area contributed by atoms with Crippen molar-refractivity contribution in [3.8, 4) is 23.1 Å². The molecule has 8 heteroatoms. The van der Waals surface area contributed by atoms with Gasteiger partial charge >= 0.3 is 0 Å². The molecule has 1 aliphatic heterocycles. The van der Waals surface area contributed by atoms with E-state index in [0.717, 1.165) is 33.0 Å². The van der Waals surface area contributed by atoms with Gasteiger partial charge in [0, 0.05) is 19.0 Å². The van der Waals surface area contributed by atoms with Crippen molar-refractivity contribution < 1.29 is 18.7 Å². The molecule has 1 aliphatic rings. The maximum absolute atomic E-state index is 12.8. The fourth-order valence-electron chi connectivity index (χ4n) is 3.46. The number of furan rings is 1. The standard InChI is InChI=1S/C24H21N3O4S/c1-27(14-16-8-9-19-21(13-16)31-12-11-30-19)22(28)15-32-24-17-5-2-3-6-18(17)25-23(26-24)20-7-4-10-29-20/h2-10,13H,11-12,14-15H2,1H3. The first-order chi connectivity index (χ1) is 15.7. The van der Waals surface area contributed by atoms with Crippen molar-refractivity contribution in [2.45, 2.75) is 11.6 Å². The van der Waals surface area contributed by atoms with Gasteiger partial charge in [-0.15, -0.1) is 0 Å². The largest absolute Gasteiger partial charge is 0.486 e. The molecule has 7 nitrogen and oxygen atoms in total. The first-order valence-corrected chi connectivity index (χ1v) is 11.2. The molecule has 0 N–H and O–H groups in total. The van der Waals surface area contributed by atoms with Gasteiger partial charge in [0.15, 0.2) is 23.1 Å². The first kappa shape index (κ1) is 20.4. The Hall–Kier alpha value is -3.52. The number of para-hydroxylation sites is 1. The van der Waals surface area contributed by atoms with Gasteiger partial charge in [0.05, 0.1) is 17.5 Å². The summed E-state index contributed by atoms with van der Waals surface area (Å²) in [6.45, 7) is 1.58. The molecular formula is C24H21N3O4S. The summed E-state index contributed by atoms with van der Waals surface area (Å²) in [5.41, 5.74) is 1.80. The third-order valence-electron chi connectivity index (χ3n) is 5.09. The van der Waals surface area contributed by atoms with Gasteiger partial charge in [0.1, 0.15) is 18.2 Å². The zero-order valence-corrected chi connectivity index (χ0v) is 18.3. The maximum atomic E-state index is 12.8. The summed E-state index contributed by atoms with van der Waals surface area (Å²) in [6.07, 6.45) is 1.59. The number of hydrogen-bond donors (Lipinski definition) is 0. The van der Waals surface area contributed by atoms with Crippen LogP contribution in [-0.2, 0) is 11.3 Å². The van der Waals surface area contributed by atoms with Crippen LogP contribution in [0.25, 0.3) is 22.5 Å². The van der Waals surface area contributed by atoms with Crippen molar-refractivity contribution >= 4 is 28.6 Å². The Labute approximate surface area is 189 Å². The number of nitrogens with zero attached hydrogens (tertiary/aromatic N) is 3. The van der Waals surface area contributed by atoms with E-state index in [1.54, 1.807) is 24.3 Å². The van der Waals surface area contributed by atoms with Crippen molar-refractivity contribution in [1.82, 2.24) is 14.9 Å². The third kappa shape index (κ3) is 4.27. The monoisotopic (exact) mass is 447 g/mol. The molecule has 2 aromatic carbocycles. The molecule has 0 fully saturated rings. The topological polar surface area (TPSA) is 77.7 Å². The fraction of sp³-hybridized carbons (Fsp3) is 0.208. The van der Waals surface area contributed by atoms with Crippen LogP contribution >= 0.6 is 11.8 Å². The second kappa shape index (κ2) is 8.92. The Bertz CT molecular complexity index is 1260. The van der Waals surface area contributed by atoms with Crippen molar-refractivity contribution in [3.05, 3.63) is 66.4 Å². The van der Waals surface area contributed by atoms with Crippen LogP contribution in [0.2, 0.25) is 0 Å². The van der Waals surface area contributed by atoms with E-state index in [4.69, 9.17) is 13.9 Å². The fourth-order valence-corrected chi connectivity index (χ4v) is 4.42. The lowest BCUT2D eigenvalue weighted by molar-refractivity contribution is -0.127. The summed E-state index contributed by atoms with van der Waals surface area (Å²) in [6, 6.07) is 17.2. The van der Waals surface area contributed by atoms with Crippen molar-refractivity contribution in [1.29, 1.82) is 0 Å². The highest BCUT2D eigenvalue weighted by atomic mass is 32.2. The highest BCUT2D eigenvalue weighted by Crippen LogP contribution is 2.31. The number of carbonyl (C=O) groups excluding carboxylic acids is 1. The molecule has 3 heterocycles. The molecule has 32 heavy (non-hydrogen) atoms. The van der Waals surface area contributed by atoms with E-state index in [1.165, 1.54) is 11.8 Å². The van der Waals surface area contributed by atoms with Gasteiger partial charge < -0.3 is 18.8 Å². The van der Waals surface area contributed by atoms with Crippen LogP contribution < -0.4 is 9.47 Å². The van der Waals surface area contributed by atoms with E-state index in [9.17, 15) is 4.79 Å². The van der Waals surface area contributed by atoms with Crippen LogP contribution in [0.4, 0.5) is 0 Å². The van der Waals surface area contributed by atoms with Crippen LogP contribution in [0.15, 0.2) is 70.3 Å². The first-order valence-electron chi connectivity index (χ1n) is 10.2. The number of aromatic nitrogens is 2. The quantitative estimate of drug-likeness (QED) is 0.320. The predicted molar refractivity (Wildman–Crippen MR) is 122 cm³/mol. The molecule has 0 saturated heterocycles. The molecule has 0 spiro atoms. The summed E-state index contributed by atoms with van der Waals surface area (Å²) in [5.74, 6) is 2.84. The number of amides is 1. The zero-order valence-electron chi connectivity index (χ0n) is 17.5. The summed E-state index contributed by atoms with van der Waals surface area (Å²) >= 11 is 1.40. The van der Waals surface area contributed by atoms with Gasteiger partial charge in [-0.25, -0.2) is 9.97 Å². The van der Waals surface area contributed by atoms with Crippen LogP contribution in [0, 0.1) is 0 Å². The van der Waals surface area contributed by atoms with Crippen molar-refractivity contribution in [3.63, 3.8) is 0 Å². The Kier molecular flexibility index (Phi) is 5.68. The number of fused-ring (bicyclic) bond motifs is 2. The Morgan fingerprint density at radius 1 is 1.03 bits per heavy atom. The summed E-state index contributed by atoms with van der Waals surface area (Å²) in [5, 5.41) is 1.66. The SMILES string of the molecule is CN(Cc1ccc2c(c1)OCCO2)C(=O)CSc1nc(-c2ccco2)nc2ccccc12. The molecule has 0 saturated carbocycles. The lowest BCUT2D eigenvalue weighted by atomic mass is 10.2. The number of benzene rings is 2. The Morgan fingerprint density at radius 3 is 2.72 bits per heavy atom. The molecule has 162 valence electrons. The highest BCUT2D eigenvalue weighted by Gasteiger charge is 2.17. The average molecular weight is 448 g/mol. The highest BCUT2D eigenvalue weighted by molar-refractivity contribution is 8.00. The van der Waals surface area contributed by atoms with Crippen molar-refractivity contribution in [2.24, 2.45) is 0 Å². The zero-order chi connectivity index (χ0) is 21.9. The smallest absolute Gasteiger partial charge is 0.233 e. The number of rotatable bonds is 6. The Balaban J connectivity index is 1.30. The minimum absolute atomic E-state index is 0.00660. The summed E-state index contributed by atoms with van der Waals surface area (Å²) < 4.78 is 16.7. The molecule has 0 aliphatic carbocycles. The number of thioether (sulfide) groups is 1. The Morgan fingerprint density at radius 2 is 1.88 bits per heavy atom. The van der Waals surface area contributed by atoms with E-state index in [2.05, 4.69) is 9.97 Å². The van der Waals surface area contributed by atoms with E-state index in [-0.39, 0.29) is 11.7 Å². The molecule has 0 unspecified atom stereocenters. The molecule has 1 amide bonds. The summed E-state index contributed by atoms with van der Waals surface area (Å²) in [4.78, 5) is 23.8. The lowest BCUT2D eigenvalue weighted by Crippen LogP contribution is -2.28. The van der Waals surface area contributed by atoms with E-state index >= 15 is 0 Å². The van der Waals surface area contributed by atoms with Gasteiger partial charge in [-0.1, -0.05) is 36.0 Å². The van der Waals surface area contributed by atoms with Crippen LogP contribution in [0.1, 0.15) is 5.56 Å². The summed E-state index contributed by atoms with van der Waals surface area (Å²) in [7, 11) is 1.80. The van der Waals surface area contributed by atoms with Crippen molar-refractivity contribution in [2.75, 3.05) is 26.0 Å². The van der Waals surface area contributed by atoms with Crippen LogP contribution in [0.3, 0.4) is 0 Å². The molecule has 4 aromatic rings. The van der Waals surface area contributed by atoms with E-state index in [0.29, 0.717) is 31.3 Å². The van der Waals surface area contributed by atoms with Gasteiger partial charge in [-0.3, -0.25) is 4.79 Å². The number of ether oxygens (including phenoxy) is 2. The number of hydrogen-bond acceptors (Lipinski definition) is 7. The lowest BCUT2D eigenvalue weighted by Gasteiger charge is -2.21. The number of carbonyl (C=O) groups is 1. The molecular weight excluding hydrogens is 426 g/mol. The minimum atomic E-state index is 0.00660. The molecule has 2 aromatic heterocycles. The minimum Gasteiger partial charge on any atom is -0.486 e. The van der Waals surface area contributed by atoms with E-state index in [1.807, 2.05) is 48.5 Å².